The summed E-state index contributed by atoms with van der Waals surface area (Å²) in [6.45, 7) is 3.99. The van der Waals surface area contributed by atoms with E-state index in [2.05, 4.69) is 4.90 Å². The highest BCUT2D eigenvalue weighted by Crippen LogP contribution is 2.33. The Bertz CT molecular complexity index is 589. The minimum Gasteiger partial charge on any atom is -0.454 e. The molecule has 5 nitrogen and oxygen atoms in total. The van der Waals surface area contributed by atoms with Gasteiger partial charge in [-0.2, -0.15) is 11.8 Å². The molecule has 1 atom stereocenters. The Kier molecular flexibility index (Phi) is 4.35. The average molecular weight is 334 g/mol. The molecule has 0 spiro atoms. The van der Waals surface area contributed by atoms with Gasteiger partial charge >= 0.3 is 0 Å². The highest BCUT2D eigenvalue weighted by molar-refractivity contribution is 7.99. The molecule has 23 heavy (non-hydrogen) atoms. The molecule has 1 aromatic carbocycles. The van der Waals surface area contributed by atoms with Gasteiger partial charge in [-0.3, -0.25) is 9.69 Å². The van der Waals surface area contributed by atoms with Crippen molar-refractivity contribution in [2.24, 2.45) is 0 Å². The van der Waals surface area contributed by atoms with E-state index in [1.807, 2.05) is 28.8 Å². The Morgan fingerprint density at radius 1 is 1.13 bits per heavy atom. The molecule has 6 heteroatoms. The lowest BCUT2D eigenvalue weighted by Gasteiger charge is -2.26. The highest BCUT2D eigenvalue weighted by atomic mass is 32.2. The fourth-order valence-electron chi connectivity index (χ4n) is 3.53. The van der Waals surface area contributed by atoms with Gasteiger partial charge in [0.05, 0.1) is 0 Å². The number of benzene rings is 1. The Balaban J connectivity index is 1.42. The van der Waals surface area contributed by atoms with Crippen molar-refractivity contribution < 1.29 is 14.3 Å². The second-order valence-corrected chi connectivity index (χ2v) is 7.42. The number of carbonyl (C=O) groups excluding carboxylic acids is 1. The summed E-state index contributed by atoms with van der Waals surface area (Å²) >= 11 is 2.05. The molecule has 1 amide bonds. The van der Waals surface area contributed by atoms with Gasteiger partial charge in [0.1, 0.15) is 0 Å². The van der Waals surface area contributed by atoms with Crippen LogP contribution in [-0.4, -0.2) is 66.2 Å². The van der Waals surface area contributed by atoms with Crippen LogP contribution in [0.25, 0.3) is 0 Å². The molecule has 0 aliphatic carbocycles. The standard InChI is InChI=1S/C17H22N2O3S/c20-17(13-2-3-15-16(10-13)22-12-21-15)19-6-1-5-18(7-8-19)14-4-9-23-11-14/h2-3,10,14H,1,4-9,11-12H2. The smallest absolute Gasteiger partial charge is 0.254 e. The maximum atomic E-state index is 12.8. The fraction of sp³-hybridized carbons (Fsp3) is 0.588. The molecule has 0 saturated carbocycles. The Labute approximate surface area is 140 Å². The first-order chi connectivity index (χ1) is 11.3. The van der Waals surface area contributed by atoms with Gasteiger partial charge in [-0.15, -0.1) is 0 Å². The minimum absolute atomic E-state index is 0.103. The van der Waals surface area contributed by atoms with Crippen molar-refractivity contribution in [3.63, 3.8) is 0 Å². The molecule has 3 aliphatic rings. The van der Waals surface area contributed by atoms with Gasteiger partial charge in [-0.05, 0) is 36.8 Å². The number of hydrogen-bond donors (Lipinski definition) is 0. The van der Waals surface area contributed by atoms with E-state index < -0.39 is 0 Å². The quantitative estimate of drug-likeness (QED) is 0.828. The van der Waals surface area contributed by atoms with Crippen molar-refractivity contribution in [1.82, 2.24) is 9.80 Å². The summed E-state index contributed by atoms with van der Waals surface area (Å²) in [5.74, 6) is 4.03. The molecule has 2 fully saturated rings. The van der Waals surface area contributed by atoms with Crippen LogP contribution >= 0.6 is 11.8 Å². The molecule has 0 radical (unpaired) electrons. The van der Waals surface area contributed by atoms with E-state index in [4.69, 9.17) is 9.47 Å². The van der Waals surface area contributed by atoms with Crippen molar-refractivity contribution in [3.8, 4) is 11.5 Å². The predicted molar refractivity (Wildman–Crippen MR) is 90.4 cm³/mol. The normalized spacial score (nSPS) is 24.7. The Morgan fingerprint density at radius 3 is 2.91 bits per heavy atom. The second kappa shape index (κ2) is 6.61. The molecule has 3 aliphatic heterocycles. The first-order valence-electron chi connectivity index (χ1n) is 8.32. The summed E-state index contributed by atoms with van der Waals surface area (Å²) in [6, 6.07) is 6.18. The van der Waals surface area contributed by atoms with Crippen LogP contribution < -0.4 is 9.47 Å². The third-order valence-corrected chi connectivity index (χ3v) is 6.00. The molecule has 0 aromatic heterocycles. The minimum atomic E-state index is 0.103. The van der Waals surface area contributed by atoms with Crippen molar-refractivity contribution in [3.05, 3.63) is 23.8 Å². The summed E-state index contributed by atoms with van der Waals surface area (Å²) < 4.78 is 10.7. The first kappa shape index (κ1) is 15.1. The van der Waals surface area contributed by atoms with Crippen LogP contribution in [0.5, 0.6) is 11.5 Å². The van der Waals surface area contributed by atoms with Crippen LogP contribution in [0.3, 0.4) is 0 Å². The molecule has 3 heterocycles. The van der Waals surface area contributed by atoms with Gasteiger partial charge in [0.15, 0.2) is 11.5 Å². The van der Waals surface area contributed by atoms with Gasteiger partial charge in [0, 0.05) is 43.5 Å². The molecule has 4 rings (SSSR count). The van der Waals surface area contributed by atoms with E-state index in [1.54, 1.807) is 6.07 Å². The average Bonchev–Trinajstić information content (AvgIpc) is 3.21. The van der Waals surface area contributed by atoms with Crippen LogP contribution in [0, 0.1) is 0 Å². The number of ether oxygens (including phenoxy) is 2. The third-order valence-electron chi connectivity index (χ3n) is 4.86. The molecule has 1 aromatic rings. The monoisotopic (exact) mass is 334 g/mol. The van der Waals surface area contributed by atoms with Gasteiger partial charge in [0.25, 0.3) is 5.91 Å². The number of nitrogens with zero attached hydrogens (tertiary/aromatic N) is 2. The van der Waals surface area contributed by atoms with Crippen molar-refractivity contribution >= 4 is 17.7 Å². The van der Waals surface area contributed by atoms with Crippen molar-refractivity contribution in [1.29, 1.82) is 0 Å². The van der Waals surface area contributed by atoms with E-state index in [0.717, 1.165) is 38.3 Å². The van der Waals surface area contributed by atoms with Crippen LogP contribution in [0.15, 0.2) is 18.2 Å². The zero-order chi connectivity index (χ0) is 15.6. The lowest BCUT2D eigenvalue weighted by molar-refractivity contribution is 0.0758. The third kappa shape index (κ3) is 3.15. The van der Waals surface area contributed by atoms with E-state index in [0.29, 0.717) is 17.4 Å². The summed E-state index contributed by atoms with van der Waals surface area (Å²) in [5.41, 5.74) is 0.694. The highest BCUT2D eigenvalue weighted by Gasteiger charge is 2.27. The zero-order valence-electron chi connectivity index (χ0n) is 13.2. The Hall–Kier alpha value is -1.40. The number of fused-ring (bicyclic) bond motifs is 1. The molecular formula is C17H22N2O3S. The fourth-order valence-corrected chi connectivity index (χ4v) is 4.78. The molecule has 0 bridgehead atoms. The zero-order valence-corrected chi connectivity index (χ0v) is 14.0. The predicted octanol–water partition coefficient (Wildman–Crippen LogP) is 2.07. The number of rotatable bonds is 2. The van der Waals surface area contributed by atoms with E-state index >= 15 is 0 Å². The molecule has 0 N–H and O–H groups in total. The second-order valence-electron chi connectivity index (χ2n) is 6.27. The summed E-state index contributed by atoms with van der Waals surface area (Å²) in [4.78, 5) is 17.3. The molecular weight excluding hydrogens is 312 g/mol. The lowest BCUT2D eigenvalue weighted by Crippen LogP contribution is -2.39. The van der Waals surface area contributed by atoms with Crippen LogP contribution in [0.4, 0.5) is 0 Å². The maximum Gasteiger partial charge on any atom is 0.254 e. The summed E-state index contributed by atoms with van der Waals surface area (Å²) in [7, 11) is 0. The van der Waals surface area contributed by atoms with Gasteiger partial charge in [-0.25, -0.2) is 0 Å². The topological polar surface area (TPSA) is 42.0 Å². The van der Waals surface area contributed by atoms with E-state index in [9.17, 15) is 4.79 Å². The van der Waals surface area contributed by atoms with Crippen LogP contribution in [0.2, 0.25) is 0 Å². The number of amides is 1. The maximum absolute atomic E-state index is 12.8. The SMILES string of the molecule is O=C(c1ccc2c(c1)OCO2)N1CCCN(C2CCSC2)CC1. The summed E-state index contributed by atoms with van der Waals surface area (Å²) in [6.07, 6.45) is 2.35. The largest absolute Gasteiger partial charge is 0.454 e. The molecule has 124 valence electrons. The van der Waals surface area contributed by atoms with Crippen molar-refractivity contribution in [2.75, 3.05) is 44.5 Å². The summed E-state index contributed by atoms with van der Waals surface area (Å²) in [5, 5.41) is 0. The molecule has 2 saturated heterocycles. The molecule has 1 unspecified atom stereocenters. The van der Waals surface area contributed by atoms with Crippen molar-refractivity contribution in [2.45, 2.75) is 18.9 Å². The number of hydrogen-bond acceptors (Lipinski definition) is 5. The van der Waals surface area contributed by atoms with Crippen LogP contribution in [0.1, 0.15) is 23.2 Å². The first-order valence-corrected chi connectivity index (χ1v) is 9.47. The van der Waals surface area contributed by atoms with Crippen LogP contribution in [-0.2, 0) is 0 Å². The van der Waals surface area contributed by atoms with Gasteiger partial charge in [-0.1, -0.05) is 0 Å². The lowest BCUT2D eigenvalue weighted by atomic mass is 10.1. The van der Waals surface area contributed by atoms with Gasteiger partial charge in [0.2, 0.25) is 6.79 Å². The van der Waals surface area contributed by atoms with E-state index in [-0.39, 0.29) is 12.7 Å². The van der Waals surface area contributed by atoms with E-state index in [1.165, 1.54) is 17.9 Å². The number of thioether (sulfide) groups is 1. The van der Waals surface area contributed by atoms with Gasteiger partial charge < -0.3 is 14.4 Å². The Morgan fingerprint density at radius 2 is 2.04 bits per heavy atom. The number of carbonyl (C=O) groups is 1.